The maximum atomic E-state index is 12.1. The summed E-state index contributed by atoms with van der Waals surface area (Å²) in [5.74, 6) is -0.159. The van der Waals surface area contributed by atoms with Gasteiger partial charge in [0.25, 0.3) is 0 Å². The summed E-state index contributed by atoms with van der Waals surface area (Å²) in [4.78, 5) is 35.7. The van der Waals surface area contributed by atoms with Crippen molar-refractivity contribution in [2.45, 2.75) is 71.9 Å². The predicted octanol–water partition coefficient (Wildman–Crippen LogP) is 1.83. The number of carbonyl (C=O) groups is 3. The lowest BCUT2D eigenvalue weighted by atomic mass is 9.85. The standard InChI is InChI=1S/C20H36N2O5/c1-14(2)18(23)13-21-20(25)16-5-7-17(8-6-16)22-19(24)9-10-26-11-12-27-15(3)4/h14-17H,5-13H2,1-4H3,(H,21,25)(H,22,24). The average molecular weight is 385 g/mol. The Labute approximate surface area is 162 Å². The normalized spacial score (nSPS) is 19.9. The van der Waals surface area contributed by atoms with E-state index < -0.39 is 0 Å². The highest BCUT2D eigenvalue weighted by atomic mass is 16.5. The van der Waals surface area contributed by atoms with Crippen LogP contribution in [-0.4, -0.2) is 56.1 Å². The summed E-state index contributed by atoms with van der Waals surface area (Å²) >= 11 is 0. The number of amides is 2. The van der Waals surface area contributed by atoms with E-state index in [-0.39, 0.29) is 48.1 Å². The van der Waals surface area contributed by atoms with Gasteiger partial charge in [-0.05, 0) is 39.5 Å². The maximum absolute atomic E-state index is 12.1. The molecule has 0 aromatic heterocycles. The molecular formula is C20H36N2O5. The lowest BCUT2D eigenvalue weighted by Crippen LogP contribution is -2.42. The van der Waals surface area contributed by atoms with Crippen LogP contribution in [0.15, 0.2) is 0 Å². The van der Waals surface area contributed by atoms with Crippen molar-refractivity contribution in [1.29, 1.82) is 0 Å². The highest BCUT2D eigenvalue weighted by Crippen LogP contribution is 2.24. The second kappa shape index (κ2) is 12.8. The summed E-state index contributed by atoms with van der Waals surface area (Å²) in [5.41, 5.74) is 0. The quantitative estimate of drug-likeness (QED) is 0.501. The van der Waals surface area contributed by atoms with Crippen LogP contribution in [0.2, 0.25) is 0 Å². The van der Waals surface area contributed by atoms with Crippen molar-refractivity contribution in [2.75, 3.05) is 26.4 Å². The van der Waals surface area contributed by atoms with Crippen molar-refractivity contribution >= 4 is 17.6 Å². The predicted molar refractivity (Wildman–Crippen MR) is 103 cm³/mol. The average Bonchev–Trinajstić information content (AvgIpc) is 2.62. The molecule has 0 spiro atoms. The third-order valence-electron chi connectivity index (χ3n) is 4.70. The molecule has 0 saturated heterocycles. The molecule has 0 atom stereocenters. The number of rotatable bonds is 12. The van der Waals surface area contributed by atoms with Gasteiger partial charge in [0, 0.05) is 24.3 Å². The first-order chi connectivity index (χ1) is 12.8. The van der Waals surface area contributed by atoms with Crippen molar-refractivity contribution in [2.24, 2.45) is 11.8 Å². The molecule has 2 amide bonds. The van der Waals surface area contributed by atoms with Gasteiger partial charge in [-0.3, -0.25) is 14.4 Å². The van der Waals surface area contributed by atoms with Gasteiger partial charge in [0.2, 0.25) is 11.8 Å². The zero-order valence-electron chi connectivity index (χ0n) is 17.2. The Morgan fingerprint density at radius 1 is 0.963 bits per heavy atom. The molecule has 1 aliphatic rings. The number of ketones is 1. The molecule has 2 N–H and O–H groups in total. The molecule has 0 unspecified atom stereocenters. The van der Waals surface area contributed by atoms with E-state index in [1.807, 2.05) is 27.7 Å². The lowest BCUT2D eigenvalue weighted by Gasteiger charge is -2.28. The number of Topliss-reactive ketones (excluding diaryl/α,β-unsaturated/α-hetero) is 1. The Kier molecular flexibility index (Phi) is 11.2. The molecule has 0 aliphatic heterocycles. The van der Waals surface area contributed by atoms with Gasteiger partial charge in [-0.2, -0.15) is 0 Å². The van der Waals surface area contributed by atoms with Gasteiger partial charge < -0.3 is 20.1 Å². The van der Waals surface area contributed by atoms with Gasteiger partial charge in [0.1, 0.15) is 0 Å². The minimum absolute atomic E-state index is 0.0183. The second-order valence-corrected chi connectivity index (χ2v) is 7.74. The molecule has 1 saturated carbocycles. The number of nitrogens with one attached hydrogen (secondary N) is 2. The molecule has 0 radical (unpaired) electrons. The van der Waals surface area contributed by atoms with Gasteiger partial charge >= 0.3 is 0 Å². The summed E-state index contributed by atoms with van der Waals surface area (Å²) in [6.45, 7) is 9.11. The Balaban J connectivity index is 2.13. The molecule has 0 aromatic rings. The zero-order valence-corrected chi connectivity index (χ0v) is 17.2. The molecular weight excluding hydrogens is 348 g/mol. The Bertz CT molecular complexity index is 471. The minimum Gasteiger partial charge on any atom is -0.379 e. The van der Waals surface area contributed by atoms with Gasteiger partial charge in [-0.15, -0.1) is 0 Å². The minimum atomic E-state index is -0.0672. The van der Waals surface area contributed by atoms with E-state index in [1.54, 1.807) is 0 Å². The fourth-order valence-corrected chi connectivity index (χ4v) is 2.93. The monoisotopic (exact) mass is 384 g/mol. The molecule has 1 rings (SSSR count). The molecule has 7 heteroatoms. The lowest BCUT2D eigenvalue weighted by molar-refractivity contribution is -0.129. The number of carbonyl (C=O) groups excluding carboxylic acids is 3. The van der Waals surface area contributed by atoms with E-state index in [0.29, 0.717) is 26.2 Å². The third-order valence-corrected chi connectivity index (χ3v) is 4.70. The molecule has 7 nitrogen and oxygen atoms in total. The molecule has 0 heterocycles. The van der Waals surface area contributed by atoms with Gasteiger partial charge in [-0.1, -0.05) is 13.8 Å². The van der Waals surface area contributed by atoms with Crippen LogP contribution in [-0.2, 0) is 23.9 Å². The second-order valence-electron chi connectivity index (χ2n) is 7.74. The highest BCUT2D eigenvalue weighted by Gasteiger charge is 2.27. The number of ether oxygens (including phenoxy) is 2. The van der Waals surface area contributed by atoms with Crippen LogP contribution in [0.3, 0.4) is 0 Å². The molecule has 156 valence electrons. The summed E-state index contributed by atoms with van der Waals surface area (Å²) in [5, 5.41) is 5.75. The molecule has 0 bridgehead atoms. The van der Waals surface area contributed by atoms with Crippen LogP contribution < -0.4 is 10.6 Å². The van der Waals surface area contributed by atoms with Crippen LogP contribution in [0, 0.1) is 11.8 Å². The van der Waals surface area contributed by atoms with Crippen molar-refractivity contribution < 1.29 is 23.9 Å². The smallest absolute Gasteiger partial charge is 0.223 e. The fourth-order valence-electron chi connectivity index (χ4n) is 2.93. The fraction of sp³-hybridized carbons (Fsp3) is 0.850. The van der Waals surface area contributed by atoms with Crippen molar-refractivity contribution in [3.63, 3.8) is 0 Å². The van der Waals surface area contributed by atoms with Crippen LogP contribution in [0.5, 0.6) is 0 Å². The third kappa shape index (κ3) is 10.4. The zero-order chi connectivity index (χ0) is 20.2. The largest absolute Gasteiger partial charge is 0.379 e. The topological polar surface area (TPSA) is 93.7 Å². The summed E-state index contributed by atoms with van der Waals surface area (Å²) in [6, 6.07) is 0.114. The highest BCUT2D eigenvalue weighted by molar-refractivity contribution is 5.88. The Morgan fingerprint density at radius 2 is 1.63 bits per heavy atom. The Morgan fingerprint density at radius 3 is 2.22 bits per heavy atom. The van der Waals surface area contributed by atoms with E-state index in [4.69, 9.17) is 9.47 Å². The van der Waals surface area contributed by atoms with E-state index in [1.165, 1.54) is 0 Å². The maximum Gasteiger partial charge on any atom is 0.223 e. The molecule has 27 heavy (non-hydrogen) atoms. The van der Waals surface area contributed by atoms with E-state index in [0.717, 1.165) is 25.7 Å². The van der Waals surface area contributed by atoms with Gasteiger partial charge in [0.05, 0.1) is 32.5 Å². The van der Waals surface area contributed by atoms with Crippen LogP contribution in [0.25, 0.3) is 0 Å². The van der Waals surface area contributed by atoms with E-state index >= 15 is 0 Å². The first kappa shape index (κ1) is 23.6. The molecule has 0 aromatic carbocycles. The Hall–Kier alpha value is -1.47. The summed E-state index contributed by atoms with van der Waals surface area (Å²) in [6.07, 6.45) is 3.55. The van der Waals surface area contributed by atoms with Gasteiger partial charge in [-0.25, -0.2) is 0 Å². The summed E-state index contributed by atoms with van der Waals surface area (Å²) < 4.78 is 10.8. The van der Waals surface area contributed by atoms with Gasteiger partial charge in [0.15, 0.2) is 5.78 Å². The molecule has 1 aliphatic carbocycles. The van der Waals surface area contributed by atoms with Crippen molar-refractivity contribution in [3.05, 3.63) is 0 Å². The van der Waals surface area contributed by atoms with Crippen LogP contribution in [0.1, 0.15) is 59.8 Å². The van der Waals surface area contributed by atoms with E-state index in [2.05, 4.69) is 10.6 Å². The first-order valence-electron chi connectivity index (χ1n) is 10.1. The van der Waals surface area contributed by atoms with Crippen LogP contribution >= 0.6 is 0 Å². The van der Waals surface area contributed by atoms with Crippen molar-refractivity contribution in [1.82, 2.24) is 10.6 Å². The summed E-state index contributed by atoms with van der Waals surface area (Å²) in [7, 11) is 0. The SMILES string of the molecule is CC(C)OCCOCCC(=O)NC1CCC(C(=O)NCC(=O)C(C)C)CC1. The van der Waals surface area contributed by atoms with Crippen molar-refractivity contribution in [3.8, 4) is 0 Å². The van der Waals surface area contributed by atoms with Crippen LogP contribution in [0.4, 0.5) is 0 Å². The number of hydrogen-bond donors (Lipinski definition) is 2. The molecule has 1 fully saturated rings. The first-order valence-corrected chi connectivity index (χ1v) is 10.1. The van der Waals surface area contributed by atoms with E-state index in [9.17, 15) is 14.4 Å². The number of hydrogen-bond acceptors (Lipinski definition) is 5.